The first-order valence-corrected chi connectivity index (χ1v) is 12.5. The highest BCUT2D eigenvalue weighted by Crippen LogP contribution is 2.44. The van der Waals surface area contributed by atoms with Crippen molar-refractivity contribution in [1.82, 2.24) is 15.2 Å². The van der Waals surface area contributed by atoms with E-state index in [0.717, 1.165) is 48.2 Å². The summed E-state index contributed by atoms with van der Waals surface area (Å²) in [6, 6.07) is 14.2. The van der Waals surface area contributed by atoms with Crippen LogP contribution in [-0.4, -0.2) is 35.2 Å². The Morgan fingerprint density at radius 2 is 1.70 bits per heavy atom. The summed E-state index contributed by atoms with van der Waals surface area (Å²) < 4.78 is 41.4. The van der Waals surface area contributed by atoms with E-state index in [9.17, 15) is 18.0 Å². The molecule has 3 heterocycles. The van der Waals surface area contributed by atoms with Crippen LogP contribution in [0.4, 0.5) is 13.2 Å². The summed E-state index contributed by atoms with van der Waals surface area (Å²) in [6.45, 7) is 7.02. The number of aryl methyl sites for hydroxylation is 1. The molecular weight excluding hydrogens is 479 g/mol. The summed E-state index contributed by atoms with van der Waals surface area (Å²) in [5, 5.41) is 3.46. The van der Waals surface area contributed by atoms with Crippen LogP contribution in [0.3, 0.4) is 0 Å². The highest BCUT2D eigenvalue weighted by atomic mass is 19.4. The Kier molecular flexibility index (Phi) is 6.70. The molecule has 2 aromatic carbocycles. The maximum absolute atomic E-state index is 13.3. The number of amides is 1. The third-order valence-corrected chi connectivity index (χ3v) is 7.85. The van der Waals surface area contributed by atoms with E-state index >= 15 is 0 Å². The van der Waals surface area contributed by atoms with E-state index < -0.39 is 6.36 Å². The number of alkyl halides is 3. The standard InChI is InChI=1S/C29H30F3N3O2/c1-19-15-24(28(2,22-7-11-33-12-8-22)23-9-13-34-14-10-23)16-21-18-35(27(36)26(19)21)17-20-3-5-25(6-4-20)37-29(30,31)32/h3-8,11-12,15-16,23,34H,9-10,13-14,17-18H2,1-2H3. The van der Waals surface area contributed by atoms with Gasteiger partial charge in [-0.1, -0.05) is 31.2 Å². The molecule has 1 unspecified atom stereocenters. The number of aromatic nitrogens is 1. The molecule has 194 valence electrons. The lowest BCUT2D eigenvalue weighted by Crippen LogP contribution is -2.41. The molecule has 1 fully saturated rings. The molecule has 1 atom stereocenters. The smallest absolute Gasteiger partial charge is 0.406 e. The average molecular weight is 510 g/mol. The number of rotatable bonds is 6. The number of pyridine rings is 1. The van der Waals surface area contributed by atoms with E-state index in [1.807, 2.05) is 19.3 Å². The van der Waals surface area contributed by atoms with Crippen LogP contribution in [0, 0.1) is 12.8 Å². The number of carbonyl (C=O) groups is 1. The zero-order chi connectivity index (χ0) is 26.2. The fourth-order valence-corrected chi connectivity index (χ4v) is 5.91. The van der Waals surface area contributed by atoms with Gasteiger partial charge < -0.3 is 15.0 Å². The summed E-state index contributed by atoms with van der Waals surface area (Å²) in [6.07, 6.45) is 1.07. The van der Waals surface area contributed by atoms with Crippen molar-refractivity contribution in [2.24, 2.45) is 5.92 Å². The molecule has 8 heteroatoms. The molecule has 0 radical (unpaired) electrons. The van der Waals surface area contributed by atoms with Crippen molar-refractivity contribution < 1.29 is 22.7 Å². The van der Waals surface area contributed by atoms with Crippen molar-refractivity contribution in [3.63, 3.8) is 0 Å². The maximum atomic E-state index is 13.3. The first-order chi connectivity index (χ1) is 17.6. The molecular formula is C29H30F3N3O2. The van der Waals surface area contributed by atoms with Crippen LogP contribution in [-0.2, 0) is 18.5 Å². The first kappa shape index (κ1) is 25.3. The predicted molar refractivity (Wildman–Crippen MR) is 134 cm³/mol. The fourth-order valence-electron chi connectivity index (χ4n) is 5.91. The van der Waals surface area contributed by atoms with Gasteiger partial charge in [-0.3, -0.25) is 9.78 Å². The molecule has 2 aliphatic rings. The number of hydrogen-bond acceptors (Lipinski definition) is 4. The Balaban J connectivity index is 1.43. The van der Waals surface area contributed by atoms with E-state index in [-0.39, 0.29) is 17.1 Å². The van der Waals surface area contributed by atoms with Crippen LogP contribution in [0.15, 0.2) is 60.9 Å². The number of nitrogens with zero attached hydrogens (tertiary/aromatic N) is 2. The molecule has 1 saturated heterocycles. The van der Waals surface area contributed by atoms with Gasteiger partial charge in [-0.25, -0.2) is 0 Å². The quantitative estimate of drug-likeness (QED) is 0.460. The van der Waals surface area contributed by atoms with Crippen LogP contribution in [0.2, 0.25) is 0 Å². The second-order valence-electron chi connectivity index (χ2n) is 10.1. The molecule has 5 rings (SSSR count). The van der Waals surface area contributed by atoms with Crippen molar-refractivity contribution in [2.45, 2.75) is 51.6 Å². The van der Waals surface area contributed by atoms with Crippen LogP contribution < -0.4 is 10.1 Å². The number of piperidine rings is 1. The molecule has 0 aliphatic carbocycles. The molecule has 0 saturated carbocycles. The number of carbonyl (C=O) groups excluding carboxylic acids is 1. The zero-order valence-electron chi connectivity index (χ0n) is 20.9. The number of halogens is 3. The van der Waals surface area contributed by atoms with Crippen LogP contribution in [0.25, 0.3) is 0 Å². The van der Waals surface area contributed by atoms with Crippen LogP contribution in [0.5, 0.6) is 5.75 Å². The van der Waals surface area contributed by atoms with E-state index in [2.05, 4.69) is 46.2 Å². The zero-order valence-corrected chi connectivity index (χ0v) is 20.9. The highest BCUT2D eigenvalue weighted by Gasteiger charge is 2.40. The summed E-state index contributed by atoms with van der Waals surface area (Å²) in [5.74, 6) is 0.113. The summed E-state index contributed by atoms with van der Waals surface area (Å²) in [4.78, 5) is 19.3. The van der Waals surface area contributed by atoms with Gasteiger partial charge in [0.05, 0.1) is 0 Å². The topological polar surface area (TPSA) is 54.5 Å². The average Bonchev–Trinajstić information content (AvgIpc) is 3.20. The molecule has 1 aromatic heterocycles. The summed E-state index contributed by atoms with van der Waals surface area (Å²) >= 11 is 0. The van der Waals surface area contributed by atoms with Gasteiger partial charge >= 0.3 is 6.36 Å². The summed E-state index contributed by atoms with van der Waals surface area (Å²) in [5.41, 5.74) is 5.60. The highest BCUT2D eigenvalue weighted by molar-refractivity contribution is 5.99. The largest absolute Gasteiger partial charge is 0.573 e. The molecule has 5 nitrogen and oxygen atoms in total. The van der Waals surface area contributed by atoms with Crippen LogP contribution in [0.1, 0.15) is 57.9 Å². The Morgan fingerprint density at radius 1 is 1.03 bits per heavy atom. The number of nitrogens with one attached hydrogen (secondary N) is 1. The third-order valence-electron chi connectivity index (χ3n) is 7.85. The van der Waals surface area contributed by atoms with Gasteiger partial charge in [0.2, 0.25) is 0 Å². The van der Waals surface area contributed by atoms with Crippen molar-refractivity contribution in [3.05, 3.63) is 94.3 Å². The third kappa shape index (κ3) is 5.07. The molecule has 0 spiro atoms. The van der Waals surface area contributed by atoms with Crippen molar-refractivity contribution >= 4 is 5.91 Å². The Hall–Kier alpha value is -3.39. The molecule has 0 bridgehead atoms. The van der Waals surface area contributed by atoms with Crippen molar-refractivity contribution in [2.75, 3.05) is 13.1 Å². The maximum Gasteiger partial charge on any atom is 0.573 e. The minimum Gasteiger partial charge on any atom is -0.406 e. The number of fused-ring (bicyclic) bond motifs is 1. The van der Waals surface area contributed by atoms with E-state index in [4.69, 9.17) is 0 Å². The molecule has 2 aliphatic heterocycles. The molecule has 1 N–H and O–H groups in total. The first-order valence-electron chi connectivity index (χ1n) is 12.5. The van der Waals surface area contributed by atoms with Gasteiger partial charge in [0, 0.05) is 36.5 Å². The minimum atomic E-state index is -4.73. The van der Waals surface area contributed by atoms with E-state index in [1.54, 1.807) is 17.0 Å². The summed E-state index contributed by atoms with van der Waals surface area (Å²) in [7, 11) is 0. The normalized spacial score (nSPS) is 18.0. The number of ether oxygens (including phenoxy) is 1. The van der Waals surface area contributed by atoms with E-state index in [0.29, 0.717) is 19.0 Å². The van der Waals surface area contributed by atoms with Gasteiger partial charge in [0.15, 0.2) is 0 Å². The second-order valence-corrected chi connectivity index (χ2v) is 10.1. The van der Waals surface area contributed by atoms with Gasteiger partial charge in [0.25, 0.3) is 5.91 Å². The Bertz CT molecular complexity index is 1270. The number of hydrogen-bond donors (Lipinski definition) is 1. The lowest BCUT2D eigenvalue weighted by molar-refractivity contribution is -0.274. The number of benzene rings is 2. The van der Waals surface area contributed by atoms with E-state index in [1.165, 1.54) is 23.3 Å². The predicted octanol–water partition coefficient (Wildman–Crippen LogP) is 5.75. The van der Waals surface area contributed by atoms with Crippen molar-refractivity contribution in [3.8, 4) is 5.75 Å². The lowest BCUT2D eigenvalue weighted by Gasteiger charge is -2.41. The molecule has 1 amide bonds. The SMILES string of the molecule is Cc1cc(C(C)(c2ccncc2)C2CCNCC2)cc2c1C(=O)N(Cc1ccc(OC(F)(F)F)cc1)C2. The monoisotopic (exact) mass is 509 g/mol. The minimum absolute atomic E-state index is 0.0536. The Labute approximate surface area is 214 Å². The van der Waals surface area contributed by atoms with Crippen LogP contribution >= 0.6 is 0 Å². The molecule has 37 heavy (non-hydrogen) atoms. The lowest BCUT2D eigenvalue weighted by atomic mass is 9.64. The fraction of sp³-hybridized carbons (Fsp3) is 0.379. The van der Waals surface area contributed by atoms with Gasteiger partial charge in [-0.2, -0.15) is 0 Å². The van der Waals surface area contributed by atoms with Gasteiger partial charge in [0.1, 0.15) is 5.75 Å². The second kappa shape index (κ2) is 9.82. The van der Waals surface area contributed by atoms with Gasteiger partial charge in [-0.05, 0) is 90.9 Å². The van der Waals surface area contributed by atoms with Crippen molar-refractivity contribution in [1.29, 1.82) is 0 Å². The Morgan fingerprint density at radius 3 is 2.35 bits per heavy atom. The van der Waals surface area contributed by atoms with Gasteiger partial charge in [-0.15, -0.1) is 13.2 Å². The molecule has 3 aromatic rings.